The molecule has 6 nitrogen and oxygen atoms in total. The Hall–Kier alpha value is -2.50. The molecule has 0 atom stereocenters. The fourth-order valence-electron chi connectivity index (χ4n) is 3.86. The summed E-state index contributed by atoms with van der Waals surface area (Å²) in [5, 5.41) is 7.50. The molecule has 1 N–H and O–H groups in total. The van der Waals surface area contributed by atoms with E-state index >= 15 is 0 Å². The predicted molar refractivity (Wildman–Crippen MR) is 110 cm³/mol. The van der Waals surface area contributed by atoms with E-state index < -0.39 is 0 Å². The minimum absolute atomic E-state index is 0.00214. The van der Waals surface area contributed by atoms with Crippen LogP contribution in [-0.4, -0.2) is 41.3 Å². The normalized spacial score (nSPS) is 17.0. The standard InChI is InChI=1S/C22H30N4O2/c1-16(2)23-22(27)26(18-11-12-18)15-19-20(17-9-5-3-6-10-17)24-28-21(19)25-13-7-4-8-14-25/h3,5-6,9-10,16,18H,4,7-8,11-15H2,1-2H3,(H,23,27). The van der Waals surface area contributed by atoms with Gasteiger partial charge in [-0.05, 0) is 46.0 Å². The smallest absolute Gasteiger partial charge is 0.318 e. The van der Waals surface area contributed by atoms with Gasteiger partial charge in [0.1, 0.15) is 5.69 Å². The van der Waals surface area contributed by atoms with E-state index in [9.17, 15) is 4.79 Å². The number of aromatic nitrogens is 1. The fourth-order valence-corrected chi connectivity index (χ4v) is 3.86. The highest BCUT2D eigenvalue weighted by Crippen LogP contribution is 2.36. The van der Waals surface area contributed by atoms with Crippen molar-refractivity contribution in [2.45, 2.75) is 64.6 Å². The summed E-state index contributed by atoms with van der Waals surface area (Å²) in [5.41, 5.74) is 2.91. The van der Waals surface area contributed by atoms with Crippen molar-refractivity contribution in [2.75, 3.05) is 18.0 Å². The van der Waals surface area contributed by atoms with E-state index in [1.54, 1.807) is 0 Å². The van der Waals surface area contributed by atoms with Crippen LogP contribution in [0.5, 0.6) is 0 Å². The zero-order chi connectivity index (χ0) is 19.5. The van der Waals surface area contributed by atoms with Crippen molar-refractivity contribution in [2.24, 2.45) is 0 Å². The molecule has 1 saturated carbocycles. The molecular formula is C22H30N4O2. The molecule has 6 heteroatoms. The van der Waals surface area contributed by atoms with Crippen molar-refractivity contribution in [1.82, 2.24) is 15.4 Å². The molecule has 2 heterocycles. The maximum atomic E-state index is 12.8. The lowest BCUT2D eigenvalue weighted by Gasteiger charge is -2.29. The summed E-state index contributed by atoms with van der Waals surface area (Å²) in [7, 11) is 0. The summed E-state index contributed by atoms with van der Waals surface area (Å²) in [6.45, 7) is 6.49. The summed E-state index contributed by atoms with van der Waals surface area (Å²) in [6.07, 6.45) is 5.73. The van der Waals surface area contributed by atoms with Crippen LogP contribution in [0.4, 0.5) is 10.7 Å². The zero-order valence-electron chi connectivity index (χ0n) is 16.9. The van der Waals surface area contributed by atoms with Crippen molar-refractivity contribution in [1.29, 1.82) is 0 Å². The lowest BCUT2D eigenvalue weighted by atomic mass is 10.1. The monoisotopic (exact) mass is 382 g/mol. The first-order chi connectivity index (χ1) is 13.6. The Morgan fingerprint density at radius 1 is 1.21 bits per heavy atom. The minimum Gasteiger partial charge on any atom is -0.340 e. The van der Waals surface area contributed by atoms with Crippen LogP contribution in [-0.2, 0) is 6.54 Å². The van der Waals surface area contributed by atoms with Crippen molar-refractivity contribution in [3.63, 3.8) is 0 Å². The highest BCUT2D eigenvalue weighted by molar-refractivity contribution is 5.76. The molecule has 0 radical (unpaired) electrons. The Morgan fingerprint density at radius 2 is 1.93 bits per heavy atom. The van der Waals surface area contributed by atoms with Crippen molar-refractivity contribution < 1.29 is 9.32 Å². The summed E-state index contributed by atoms with van der Waals surface area (Å²) in [5.74, 6) is 0.835. The summed E-state index contributed by atoms with van der Waals surface area (Å²) >= 11 is 0. The second kappa shape index (κ2) is 8.25. The lowest BCUT2D eigenvalue weighted by molar-refractivity contribution is 0.189. The van der Waals surface area contributed by atoms with Gasteiger partial charge in [-0.1, -0.05) is 35.5 Å². The van der Waals surface area contributed by atoms with Crippen LogP contribution in [0.1, 0.15) is 51.5 Å². The Morgan fingerprint density at radius 3 is 2.57 bits per heavy atom. The minimum atomic E-state index is 0.00214. The average Bonchev–Trinajstić information content (AvgIpc) is 3.46. The SMILES string of the molecule is CC(C)NC(=O)N(Cc1c(-c2ccccc2)noc1N1CCCCC1)C1CC1. The molecule has 1 aliphatic carbocycles. The number of urea groups is 1. The molecule has 1 saturated heterocycles. The topological polar surface area (TPSA) is 61.6 Å². The molecule has 2 fully saturated rings. The molecule has 2 aromatic rings. The number of hydrogen-bond donors (Lipinski definition) is 1. The molecule has 0 bridgehead atoms. The van der Waals surface area contributed by atoms with E-state index in [1.165, 1.54) is 19.3 Å². The summed E-state index contributed by atoms with van der Waals surface area (Å²) < 4.78 is 5.87. The number of carbonyl (C=O) groups excluding carboxylic acids is 1. The molecule has 2 amide bonds. The molecule has 1 aromatic carbocycles. The molecular weight excluding hydrogens is 352 g/mol. The average molecular weight is 383 g/mol. The number of rotatable bonds is 6. The lowest BCUT2D eigenvalue weighted by Crippen LogP contribution is -2.44. The van der Waals surface area contributed by atoms with E-state index in [-0.39, 0.29) is 12.1 Å². The van der Waals surface area contributed by atoms with Gasteiger partial charge in [-0.3, -0.25) is 0 Å². The first-order valence-corrected chi connectivity index (χ1v) is 10.5. The molecule has 4 rings (SSSR count). The van der Waals surface area contributed by atoms with E-state index in [0.29, 0.717) is 12.6 Å². The quantitative estimate of drug-likeness (QED) is 0.804. The number of nitrogens with one attached hydrogen (secondary N) is 1. The molecule has 0 unspecified atom stereocenters. The first-order valence-electron chi connectivity index (χ1n) is 10.5. The molecule has 0 spiro atoms. The van der Waals surface area contributed by atoms with Crippen molar-refractivity contribution in [3.05, 3.63) is 35.9 Å². The van der Waals surface area contributed by atoms with Gasteiger partial charge in [-0.2, -0.15) is 0 Å². The number of anilines is 1. The van der Waals surface area contributed by atoms with E-state index in [4.69, 9.17) is 4.52 Å². The van der Waals surface area contributed by atoms with Gasteiger partial charge in [0.05, 0.1) is 12.1 Å². The van der Waals surface area contributed by atoms with Gasteiger partial charge in [-0.15, -0.1) is 0 Å². The molecule has 1 aliphatic heterocycles. The van der Waals surface area contributed by atoms with Gasteiger partial charge < -0.3 is 19.6 Å². The molecule has 2 aliphatic rings. The maximum absolute atomic E-state index is 12.8. The fraction of sp³-hybridized carbons (Fsp3) is 0.545. The number of nitrogens with zero attached hydrogens (tertiary/aromatic N) is 3. The van der Waals surface area contributed by atoms with Crippen molar-refractivity contribution >= 4 is 11.9 Å². The first kappa shape index (κ1) is 18.8. The van der Waals surface area contributed by atoms with E-state index in [2.05, 4.69) is 27.5 Å². The third-order valence-corrected chi connectivity index (χ3v) is 5.45. The van der Waals surface area contributed by atoms with Crippen LogP contribution in [0.25, 0.3) is 11.3 Å². The van der Waals surface area contributed by atoms with Gasteiger partial charge >= 0.3 is 6.03 Å². The second-order valence-corrected chi connectivity index (χ2v) is 8.19. The van der Waals surface area contributed by atoms with Crippen LogP contribution >= 0.6 is 0 Å². The van der Waals surface area contributed by atoms with Crippen molar-refractivity contribution in [3.8, 4) is 11.3 Å². The highest BCUT2D eigenvalue weighted by Gasteiger charge is 2.35. The Balaban J connectivity index is 1.68. The van der Waals surface area contributed by atoms with Crippen LogP contribution < -0.4 is 10.2 Å². The van der Waals surface area contributed by atoms with Crippen LogP contribution in [0.15, 0.2) is 34.9 Å². The summed E-state index contributed by atoms with van der Waals surface area (Å²) in [4.78, 5) is 17.1. The number of benzene rings is 1. The number of carbonyl (C=O) groups is 1. The zero-order valence-corrected chi connectivity index (χ0v) is 16.9. The van der Waals surface area contributed by atoms with Gasteiger partial charge in [0.2, 0.25) is 5.88 Å². The molecule has 150 valence electrons. The molecule has 28 heavy (non-hydrogen) atoms. The highest BCUT2D eigenvalue weighted by atomic mass is 16.5. The van der Waals surface area contributed by atoms with Gasteiger partial charge in [0.15, 0.2) is 0 Å². The largest absolute Gasteiger partial charge is 0.340 e. The molecule has 1 aromatic heterocycles. The van der Waals surface area contributed by atoms with Crippen LogP contribution in [0, 0.1) is 0 Å². The Kier molecular flexibility index (Phi) is 5.55. The van der Waals surface area contributed by atoms with E-state index in [0.717, 1.165) is 48.6 Å². The number of hydrogen-bond acceptors (Lipinski definition) is 4. The van der Waals surface area contributed by atoms with Crippen LogP contribution in [0.2, 0.25) is 0 Å². The predicted octanol–water partition coefficient (Wildman–Crippen LogP) is 4.41. The maximum Gasteiger partial charge on any atom is 0.318 e. The number of piperidine rings is 1. The van der Waals surface area contributed by atoms with Gasteiger partial charge in [0, 0.05) is 30.7 Å². The second-order valence-electron chi connectivity index (χ2n) is 8.19. The van der Waals surface area contributed by atoms with Crippen LogP contribution in [0.3, 0.4) is 0 Å². The number of amides is 2. The Labute approximate surface area is 166 Å². The summed E-state index contributed by atoms with van der Waals surface area (Å²) in [6, 6.07) is 10.6. The van der Waals surface area contributed by atoms with Gasteiger partial charge in [-0.25, -0.2) is 4.79 Å². The third kappa shape index (κ3) is 4.16. The van der Waals surface area contributed by atoms with Gasteiger partial charge in [0.25, 0.3) is 0 Å². The Bertz CT molecular complexity index is 792. The third-order valence-electron chi connectivity index (χ3n) is 5.45. The van der Waals surface area contributed by atoms with E-state index in [1.807, 2.05) is 36.9 Å².